The average molecular weight is 1490 g/mol. The van der Waals surface area contributed by atoms with Gasteiger partial charge in [-0.25, -0.2) is 4.57 Å². The molecular weight excluding hydrogens is 1430 g/mol. The van der Waals surface area contributed by atoms with Crippen molar-refractivity contribution in [2.24, 2.45) is 0 Å². The summed E-state index contributed by atoms with van der Waals surface area (Å²) in [5, 5.41) is 23.6. The third-order valence-electron chi connectivity index (χ3n) is 15.8. The molecule has 0 atom stereocenters. The van der Waals surface area contributed by atoms with Gasteiger partial charge in [-0.15, -0.1) is 0 Å². The van der Waals surface area contributed by atoms with Crippen molar-refractivity contribution in [2.75, 3.05) is 6.61 Å². The largest absolute Gasteiger partial charge is 1.00 e. The zero-order chi connectivity index (χ0) is 61.6. The van der Waals surface area contributed by atoms with Crippen LogP contribution in [-0.4, -0.2) is 32.2 Å². The van der Waals surface area contributed by atoms with E-state index in [2.05, 4.69) is 285 Å². The van der Waals surface area contributed by atoms with Crippen molar-refractivity contribution in [3.8, 4) is 22.6 Å². The molecule has 13 aromatic rings. The molecule has 0 fully saturated rings. The van der Waals surface area contributed by atoms with Crippen LogP contribution in [0.5, 0.6) is 11.5 Å². The maximum Gasteiger partial charge on any atom is 1.00 e. The van der Waals surface area contributed by atoms with Gasteiger partial charge in [0.15, 0.2) is 20.4 Å². The summed E-state index contributed by atoms with van der Waals surface area (Å²) in [7, 11) is -12.5. The molecule has 13 heteroatoms. The molecular formula is C77H62AuCl3O5P2Si2. The number of phosphoric ester groups is 1. The summed E-state index contributed by atoms with van der Waals surface area (Å²) in [5.41, 5.74) is 1.39. The van der Waals surface area contributed by atoms with Gasteiger partial charge in [-0.1, -0.05) is 368 Å². The third kappa shape index (κ3) is 13.8. The molecule has 90 heavy (non-hydrogen) atoms. The summed E-state index contributed by atoms with van der Waals surface area (Å²) >= 11 is 14.4. The first-order valence-corrected chi connectivity index (χ1v) is 37.4. The maximum absolute atomic E-state index is 15.3. The number of hydrogen-bond donors (Lipinski definition) is 1. The van der Waals surface area contributed by atoms with Crippen molar-refractivity contribution >= 4 is 146 Å². The summed E-state index contributed by atoms with van der Waals surface area (Å²) in [4.78, 5) is 15.3. The second kappa shape index (κ2) is 30.6. The molecule has 13 aromatic carbocycles. The summed E-state index contributed by atoms with van der Waals surface area (Å²) in [6.45, 7) is 1.93. The Kier molecular flexibility index (Phi) is 22.3. The molecule has 0 aromatic heterocycles. The van der Waals surface area contributed by atoms with E-state index in [0.717, 1.165) is 63.0 Å². The van der Waals surface area contributed by atoms with Crippen LogP contribution in [0.25, 0.3) is 32.7 Å². The standard InChI is InChI=1S/C56H41O4PSi2.C18H15P.C2H6O.CHCl3.Au/c57-61(58)59-55-51(62(43-25-7-1-8-26-43,44-27-9-2-10-28-44)45-29-11-3-12-30-45)39-41-23-19-21-37-49(41)53(55)54-50-38-22-20-24-42(50)40-52(56(54)60-61)63(46-31-13-4-14-32-46,47-33-15-5-16-34-47)48-35-17-6-18-36-48;1-4-10-16(11-5-1)19(17-12-6-2-7-13-17)18-14-8-3-9-15-18;1-2-3;2-1(3)4;/h1-40H,(H,57,58);1-15H;3H,2H2,1H3;1H;/q;;;;+1/p-1. The van der Waals surface area contributed by atoms with E-state index in [1.54, 1.807) is 6.92 Å². The minimum absolute atomic E-state index is 0. The van der Waals surface area contributed by atoms with Gasteiger partial charge in [0.1, 0.15) is 11.5 Å². The molecule has 5 nitrogen and oxygen atoms in total. The average Bonchev–Trinajstić information content (AvgIpc) is 1.13. The molecule has 1 aliphatic heterocycles. The SMILES string of the molecule is CCO.ClC(Cl)Cl.O=P1([O-])Oc2c([Si](c3ccccc3)(c3ccccc3)c3ccccc3)cc3ccccc3c2-c2c(c([Si](c3ccccc3)(c3ccccc3)c3ccccc3)cc3ccccc23)O1.[Au+].c1ccc(P(c2ccccc2)c2ccccc2)cc1. The number of hydrogen-bond acceptors (Lipinski definition) is 5. The summed E-state index contributed by atoms with van der Waals surface area (Å²) in [6.07, 6.45) is 0. The van der Waals surface area contributed by atoms with E-state index in [4.69, 9.17) is 49.0 Å². The molecule has 1 aliphatic rings. The Morgan fingerprint density at radius 1 is 0.389 bits per heavy atom. The molecule has 0 aliphatic carbocycles. The maximum atomic E-state index is 15.3. The fourth-order valence-electron chi connectivity index (χ4n) is 12.4. The van der Waals surface area contributed by atoms with Gasteiger partial charge in [-0.05, 0) is 93.8 Å². The fourth-order valence-corrected chi connectivity index (χ4v) is 25.5. The summed E-state index contributed by atoms with van der Waals surface area (Å²) in [5.74, 6) is 0.588. The Morgan fingerprint density at radius 2 is 0.589 bits per heavy atom. The summed E-state index contributed by atoms with van der Waals surface area (Å²) in [6, 6.07) is 116. The van der Waals surface area contributed by atoms with Crippen molar-refractivity contribution in [3.05, 3.63) is 334 Å². The Bertz CT molecular complexity index is 3950. The first-order valence-electron chi connectivity index (χ1n) is 29.2. The van der Waals surface area contributed by atoms with E-state index >= 15 is 9.46 Å². The van der Waals surface area contributed by atoms with Crippen LogP contribution < -0.4 is 71.3 Å². The third-order valence-corrected chi connectivity index (χ3v) is 28.6. The van der Waals surface area contributed by atoms with E-state index < -0.39 is 36.2 Å². The number of aliphatic hydroxyl groups is 1. The van der Waals surface area contributed by atoms with E-state index in [1.807, 2.05) is 48.5 Å². The second-order valence-electron chi connectivity index (χ2n) is 20.9. The van der Waals surface area contributed by atoms with Crippen molar-refractivity contribution in [2.45, 2.75) is 11.2 Å². The number of alkyl halides is 3. The van der Waals surface area contributed by atoms with Crippen LogP contribution in [0.15, 0.2) is 334 Å². The zero-order valence-electron chi connectivity index (χ0n) is 48.9. The molecule has 0 spiro atoms. The van der Waals surface area contributed by atoms with Gasteiger partial charge in [0.05, 0.1) is 0 Å². The first kappa shape index (κ1) is 65.6. The van der Waals surface area contributed by atoms with Crippen LogP contribution in [0.2, 0.25) is 0 Å². The molecule has 0 unspecified atom stereocenters. The number of phosphoric acid groups is 1. The van der Waals surface area contributed by atoms with Gasteiger partial charge in [0.2, 0.25) is 0 Å². The first-order chi connectivity index (χ1) is 43.6. The van der Waals surface area contributed by atoms with Crippen molar-refractivity contribution in [3.63, 3.8) is 0 Å². The van der Waals surface area contributed by atoms with Gasteiger partial charge in [0, 0.05) is 17.7 Å². The van der Waals surface area contributed by atoms with Crippen molar-refractivity contribution < 1.29 is 46.0 Å². The van der Waals surface area contributed by atoms with E-state index in [9.17, 15) is 0 Å². The van der Waals surface area contributed by atoms with Gasteiger partial charge in [-0.3, -0.25) is 0 Å². The van der Waals surface area contributed by atoms with Gasteiger partial charge < -0.3 is 19.0 Å². The van der Waals surface area contributed by atoms with Crippen LogP contribution in [0, 0.1) is 0 Å². The predicted molar refractivity (Wildman–Crippen MR) is 382 cm³/mol. The zero-order valence-corrected chi connectivity index (χ0v) is 57.2. The molecule has 0 saturated heterocycles. The predicted octanol–water partition coefficient (Wildman–Crippen LogP) is 13.1. The van der Waals surface area contributed by atoms with E-state index in [-0.39, 0.29) is 29.0 Å². The molecule has 0 radical (unpaired) electrons. The fraction of sp³-hybridized carbons (Fsp3) is 0.0390. The van der Waals surface area contributed by atoms with E-state index in [0.29, 0.717) is 22.6 Å². The molecule has 14 rings (SSSR count). The number of aliphatic hydroxyl groups excluding tert-OH is 1. The smallest absolute Gasteiger partial charge is 0.736 e. The number of rotatable bonds is 11. The minimum atomic E-state index is -5.20. The van der Waals surface area contributed by atoms with Crippen LogP contribution in [0.3, 0.4) is 0 Å². The number of benzene rings is 13. The van der Waals surface area contributed by atoms with Crippen LogP contribution in [0.4, 0.5) is 0 Å². The Balaban J connectivity index is 0.000000275. The number of halogens is 3. The van der Waals surface area contributed by atoms with Gasteiger partial charge >= 0.3 is 30.2 Å². The van der Waals surface area contributed by atoms with Crippen LogP contribution in [0.1, 0.15) is 6.92 Å². The molecule has 1 heterocycles. The second-order valence-corrected chi connectivity index (χ2v) is 33.9. The van der Waals surface area contributed by atoms with Crippen molar-refractivity contribution in [1.29, 1.82) is 0 Å². The van der Waals surface area contributed by atoms with Crippen LogP contribution in [-0.2, 0) is 26.9 Å². The molecule has 0 saturated carbocycles. The van der Waals surface area contributed by atoms with E-state index in [1.165, 1.54) is 15.9 Å². The Morgan fingerprint density at radius 3 is 0.822 bits per heavy atom. The quantitative estimate of drug-likeness (QED) is 0.0604. The Hall–Kier alpha value is -7.40. The molecule has 450 valence electrons. The molecule has 1 N–H and O–H groups in total. The van der Waals surface area contributed by atoms with Gasteiger partial charge in [0.25, 0.3) is 0 Å². The molecule has 0 bridgehead atoms. The normalized spacial score (nSPS) is 12.1. The topological polar surface area (TPSA) is 78.8 Å². The summed E-state index contributed by atoms with van der Waals surface area (Å²) < 4.78 is 27.9. The van der Waals surface area contributed by atoms with Gasteiger partial charge in [-0.2, -0.15) is 0 Å². The van der Waals surface area contributed by atoms with Crippen LogP contribution >= 0.6 is 50.5 Å². The monoisotopic (exact) mass is 1490 g/mol. The molecule has 0 amide bonds. The number of fused-ring (bicyclic) bond motifs is 7. The Labute approximate surface area is 561 Å². The van der Waals surface area contributed by atoms with Crippen molar-refractivity contribution in [1.82, 2.24) is 0 Å². The minimum Gasteiger partial charge on any atom is -0.736 e.